The lowest BCUT2D eigenvalue weighted by Crippen LogP contribution is -2.57. The number of carbonyl (C=O) groups excluding carboxylic acids is 1. The van der Waals surface area contributed by atoms with E-state index < -0.39 is 27.7 Å². The molecule has 2 aromatic rings. The number of guanidine groups is 1. The van der Waals surface area contributed by atoms with Gasteiger partial charge >= 0.3 is 0 Å². The minimum atomic E-state index is -3.42. The van der Waals surface area contributed by atoms with Gasteiger partial charge in [-0.05, 0) is 25.0 Å². The molecule has 0 spiro atoms. The molecule has 0 radical (unpaired) electrons. The van der Waals surface area contributed by atoms with Gasteiger partial charge in [0.05, 0.1) is 21.9 Å². The third-order valence-corrected chi connectivity index (χ3v) is 8.97. The number of halogens is 1. The molecule has 2 aliphatic rings. The number of nitrogens with two attached hydrogens (primary N) is 1. The molecule has 0 bridgehead atoms. The smallest absolute Gasteiger partial charge is 0.266 e. The van der Waals surface area contributed by atoms with Gasteiger partial charge in [-0.1, -0.05) is 28.4 Å². The van der Waals surface area contributed by atoms with Gasteiger partial charge in [-0.3, -0.25) is 13.9 Å². The van der Waals surface area contributed by atoms with E-state index in [1.165, 1.54) is 20.2 Å². The number of hydrogen-bond donors (Lipinski definition) is 4. The minimum absolute atomic E-state index is 0.0298. The molecule has 168 valence electrons. The number of methoxy groups -OCH3 is 1. The van der Waals surface area contributed by atoms with E-state index in [1.807, 2.05) is 0 Å². The third-order valence-electron chi connectivity index (χ3n) is 5.17. The summed E-state index contributed by atoms with van der Waals surface area (Å²) in [6, 6.07) is 6.53. The first-order chi connectivity index (χ1) is 14.7. The lowest BCUT2D eigenvalue weighted by Gasteiger charge is -2.56. The Kier molecular flexibility index (Phi) is 5.79. The van der Waals surface area contributed by atoms with Crippen LogP contribution in [0, 0.1) is 0 Å². The van der Waals surface area contributed by atoms with Gasteiger partial charge in [-0.25, -0.2) is 9.30 Å². The topological polar surface area (TPSA) is 143 Å². The first-order valence-corrected chi connectivity index (χ1v) is 12.1. The van der Waals surface area contributed by atoms with Crippen molar-refractivity contribution in [1.82, 2.24) is 9.29 Å². The monoisotopic (exact) mass is 487 g/mol. The molecule has 2 aliphatic heterocycles. The number of pyridine rings is 1. The van der Waals surface area contributed by atoms with Crippen molar-refractivity contribution in [2.75, 3.05) is 26.1 Å². The Morgan fingerprint density at radius 3 is 3.03 bits per heavy atom. The SMILES string of the molecule is COc1cccc(NC(=O)c2cc(Cl)c(C34CCCOC3S(O)(O)N(C)C(N)=N4)s2)n1. The average Bonchev–Trinajstić information content (AvgIpc) is 3.15. The number of rotatable bonds is 4. The van der Waals surface area contributed by atoms with Crippen LogP contribution in [0.25, 0.3) is 0 Å². The van der Waals surface area contributed by atoms with Crippen LogP contribution in [0.4, 0.5) is 5.82 Å². The van der Waals surface area contributed by atoms with E-state index in [2.05, 4.69) is 15.3 Å². The lowest BCUT2D eigenvalue weighted by molar-refractivity contribution is -0.00366. The highest BCUT2D eigenvalue weighted by Gasteiger charge is 2.57. The van der Waals surface area contributed by atoms with Gasteiger partial charge in [0.15, 0.2) is 5.44 Å². The molecule has 2 unspecified atom stereocenters. The molecule has 2 atom stereocenters. The summed E-state index contributed by atoms with van der Waals surface area (Å²) in [5, 5.41) is 2.98. The molecule has 31 heavy (non-hydrogen) atoms. The second-order valence-electron chi connectivity index (χ2n) is 7.07. The fourth-order valence-electron chi connectivity index (χ4n) is 3.63. The van der Waals surface area contributed by atoms with Crippen molar-refractivity contribution in [1.29, 1.82) is 0 Å². The highest BCUT2D eigenvalue weighted by molar-refractivity contribution is 8.23. The highest BCUT2D eigenvalue weighted by atomic mass is 35.5. The first-order valence-electron chi connectivity index (χ1n) is 9.29. The van der Waals surface area contributed by atoms with Crippen LogP contribution >= 0.6 is 33.7 Å². The molecule has 1 fully saturated rings. The minimum Gasteiger partial charge on any atom is -0.481 e. The van der Waals surface area contributed by atoms with Crippen LogP contribution < -0.4 is 15.8 Å². The average molecular weight is 488 g/mol. The van der Waals surface area contributed by atoms with E-state index in [0.29, 0.717) is 40.9 Å². The number of amides is 1. The largest absolute Gasteiger partial charge is 0.481 e. The van der Waals surface area contributed by atoms with Crippen molar-refractivity contribution in [3.8, 4) is 5.88 Å². The van der Waals surface area contributed by atoms with Gasteiger partial charge in [0, 0.05) is 19.7 Å². The Bertz CT molecular complexity index is 1050. The van der Waals surface area contributed by atoms with Crippen molar-refractivity contribution in [3.05, 3.63) is 39.0 Å². The zero-order valence-corrected chi connectivity index (χ0v) is 19.1. The molecule has 4 rings (SSSR count). The van der Waals surface area contributed by atoms with E-state index in [0.717, 1.165) is 15.6 Å². The number of hydrogen-bond acceptors (Lipinski definition) is 10. The van der Waals surface area contributed by atoms with E-state index >= 15 is 0 Å². The summed E-state index contributed by atoms with van der Waals surface area (Å²) in [5.41, 5.74) is 3.76. The molecule has 5 N–H and O–H groups in total. The quantitative estimate of drug-likeness (QED) is 0.514. The van der Waals surface area contributed by atoms with Gasteiger partial charge in [0.2, 0.25) is 11.8 Å². The van der Waals surface area contributed by atoms with Crippen LogP contribution in [0.2, 0.25) is 5.02 Å². The molecule has 13 heteroatoms. The molecular formula is C18H22ClN5O5S2. The summed E-state index contributed by atoms with van der Waals surface area (Å²) in [4.78, 5) is 22.4. The lowest BCUT2D eigenvalue weighted by atomic mass is 9.91. The summed E-state index contributed by atoms with van der Waals surface area (Å²) in [6.45, 7) is 0.351. The van der Waals surface area contributed by atoms with Crippen molar-refractivity contribution < 1.29 is 23.4 Å². The predicted molar refractivity (Wildman–Crippen MR) is 121 cm³/mol. The first kappa shape index (κ1) is 22.1. The molecular weight excluding hydrogens is 466 g/mol. The number of carbonyl (C=O) groups is 1. The van der Waals surface area contributed by atoms with Crippen LogP contribution in [0.3, 0.4) is 0 Å². The third kappa shape index (κ3) is 3.73. The fraction of sp³-hybridized carbons (Fsp3) is 0.389. The Morgan fingerprint density at radius 2 is 2.29 bits per heavy atom. The molecule has 0 aliphatic carbocycles. The Balaban J connectivity index is 1.71. The fourth-order valence-corrected chi connectivity index (χ4v) is 6.98. The van der Waals surface area contributed by atoms with Gasteiger partial charge in [0.1, 0.15) is 11.4 Å². The van der Waals surface area contributed by atoms with Crippen molar-refractivity contribution in [3.63, 3.8) is 0 Å². The van der Waals surface area contributed by atoms with Gasteiger partial charge in [0.25, 0.3) is 5.91 Å². The number of anilines is 1. The van der Waals surface area contributed by atoms with Crippen LogP contribution in [-0.2, 0) is 10.3 Å². The maximum absolute atomic E-state index is 12.8. The van der Waals surface area contributed by atoms with E-state index in [9.17, 15) is 13.9 Å². The summed E-state index contributed by atoms with van der Waals surface area (Å²) in [6.07, 6.45) is 1.07. The number of thiophene rings is 1. The number of nitrogens with one attached hydrogen (secondary N) is 1. The second kappa shape index (κ2) is 8.11. The van der Waals surface area contributed by atoms with E-state index in [4.69, 9.17) is 26.8 Å². The standard InChI is InChI=1S/C18H22ClN5O5S2/c1-24-17(20)23-18(7-4-8-29-16(18)31(24,26)27)14-10(19)9-11(30-14)15(25)22-12-5-3-6-13(21-12)28-2/h3,5-6,9,16,26-27H,4,7-8H2,1-2H3,(H2,20,23)(H,21,22,25). The summed E-state index contributed by atoms with van der Waals surface area (Å²) in [5.74, 6) is 0.242. The number of fused-ring (bicyclic) bond motifs is 1. The van der Waals surface area contributed by atoms with Gasteiger partial charge < -0.3 is 20.5 Å². The van der Waals surface area contributed by atoms with Crippen LogP contribution in [0.15, 0.2) is 29.3 Å². The van der Waals surface area contributed by atoms with E-state index in [1.54, 1.807) is 18.2 Å². The number of aromatic nitrogens is 1. The molecule has 0 saturated carbocycles. The van der Waals surface area contributed by atoms with E-state index in [-0.39, 0.29) is 11.0 Å². The van der Waals surface area contributed by atoms with Crippen molar-refractivity contribution in [2.45, 2.75) is 23.8 Å². The molecule has 2 aromatic heterocycles. The van der Waals surface area contributed by atoms with Crippen molar-refractivity contribution >= 4 is 51.4 Å². The summed E-state index contributed by atoms with van der Waals surface area (Å²) in [7, 11) is -0.487. The maximum atomic E-state index is 12.8. The number of aliphatic imine (C=N–C) groups is 1. The molecule has 10 nitrogen and oxygen atoms in total. The molecule has 1 amide bonds. The number of ether oxygens (including phenoxy) is 2. The molecule has 1 saturated heterocycles. The van der Waals surface area contributed by atoms with Crippen LogP contribution in [0.5, 0.6) is 5.88 Å². The number of nitrogens with zero attached hydrogens (tertiary/aromatic N) is 3. The normalized spacial score (nSPS) is 25.9. The molecule has 4 heterocycles. The molecule has 0 aromatic carbocycles. The Labute approximate surface area is 189 Å². The van der Waals surface area contributed by atoms with Gasteiger partial charge in [-0.15, -0.1) is 11.3 Å². The zero-order valence-electron chi connectivity index (χ0n) is 16.7. The van der Waals surface area contributed by atoms with Crippen LogP contribution in [-0.4, -0.2) is 56.5 Å². The summed E-state index contributed by atoms with van der Waals surface area (Å²) >= 11 is 7.64. The van der Waals surface area contributed by atoms with Crippen molar-refractivity contribution in [2.24, 2.45) is 10.7 Å². The Hall–Kier alpha value is -2.09. The van der Waals surface area contributed by atoms with Gasteiger partial charge in [-0.2, -0.15) is 4.98 Å². The Morgan fingerprint density at radius 1 is 1.52 bits per heavy atom. The summed E-state index contributed by atoms with van der Waals surface area (Å²) < 4.78 is 33.6. The maximum Gasteiger partial charge on any atom is 0.266 e. The second-order valence-corrected chi connectivity index (χ2v) is 10.6. The zero-order chi connectivity index (χ0) is 22.4. The highest BCUT2D eigenvalue weighted by Crippen LogP contribution is 2.62. The van der Waals surface area contributed by atoms with Crippen LogP contribution in [0.1, 0.15) is 27.4 Å². The predicted octanol–water partition coefficient (Wildman–Crippen LogP) is 3.31.